The highest BCUT2D eigenvalue weighted by atomic mass is 32.2. The molecule has 0 aliphatic heterocycles. The Labute approximate surface area is 108 Å². The van der Waals surface area contributed by atoms with Gasteiger partial charge in [-0.15, -0.1) is 0 Å². The van der Waals surface area contributed by atoms with Crippen LogP contribution in [0.2, 0.25) is 0 Å². The van der Waals surface area contributed by atoms with Gasteiger partial charge in [0.1, 0.15) is 5.82 Å². The van der Waals surface area contributed by atoms with Gasteiger partial charge in [-0.1, -0.05) is 0 Å². The lowest BCUT2D eigenvalue weighted by atomic mass is 10.3. The van der Waals surface area contributed by atoms with Crippen molar-refractivity contribution in [2.45, 2.75) is 39.7 Å². The third kappa shape index (κ3) is 3.84. The molecule has 0 aromatic carbocycles. The van der Waals surface area contributed by atoms with Crippen LogP contribution in [0.25, 0.3) is 0 Å². The molecule has 0 spiro atoms. The van der Waals surface area contributed by atoms with E-state index in [1.54, 1.807) is 0 Å². The smallest absolute Gasteiger partial charge is 0.148 e. The lowest BCUT2D eigenvalue weighted by Gasteiger charge is -2.13. The molecule has 0 fully saturated rings. The molecule has 0 aliphatic rings. The van der Waals surface area contributed by atoms with Crippen LogP contribution in [0.15, 0.2) is 0 Å². The highest BCUT2D eigenvalue weighted by molar-refractivity contribution is 7.98. The van der Waals surface area contributed by atoms with Crippen LogP contribution in [0.4, 0.5) is 11.5 Å². The van der Waals surface area contributed by atoms with E-state index in [9.17, 15) is 0 Å². The van der Waals surface area contributed by atoms with Crippen LogP contribution in [0.3, 0.4) is 0 Å². The molecule has 0 radical (unpaired) electrons. The zero-order chi connectivity index (χ0) is 12.8. The molecule has 3 N–H and O–H groups in total. The van der Waals surface area contributed by atoms with Gasteiger partial charge in [-0.05, 0) is 45.6 Å². The molecule has 0 aliphatic carbocycles. The fourth-order valence-electron chi connectivity index (χ4n) is 1.69. The average molecular weight is 256 g/mol. The number of thioether (sulfide) groups is 1. The molecular formula is C12H24N4S. The number of nitrogens with two attached hydrogens (primary N) is 1. The Morgan fingerprint density at radius 3 is 2.71 bits per heavy atom. The first-order valence-corrected chi connectivity index (χ1v) is 7.54. The summed E-state index contributed by atoms with van der Waals surface area (Å²) < 4.78 is 1.97. The first-order chi connectivity index (χ1) is 8.07. The summed E-state index contributed by atoms with van der Waals surface area (Å²) in [6.07, 6.45) is 4.55. The zero-order valence-corrected chi connectivity index (χ0v) is 12.1. The Morgan fingerprint density at radius 1 is 1.41 bits per heavy atom. The van der Waals surface area contributed by atoms with E-state index in [0.29, 0.717) is 6.04 Å². The summed E-state index contributed by atoms with van der Waals surface area (Å²) in [6.45, 7) is 7.14. The summed E-state index contributed by atoms with van der Waals surface area (Å²) in [7, 11) is 0. The molecule has 1 aromatic heterocycles. The molecule has 17 heavy (non-hydrogen) atoms. The van der Waals surface area contributed by atoms with Crippen molar-refractivity contribution < 1.29 is 0 Å². The minimum absolute atomic E-state index is 0.333. The summed E-state index contributed by atoms with van der Waals surface area (Å²) in [5, 5.41) is 7.86. The van der Waals surface area contributed by atoms with Crippen molar-refractivity contribution in [1.29, 1.82) is 0 Å². The highest BCUT2D eigenvalue weighted by Gasteiger charge is 2.13. The van der Waals surface area contributed by atoms with Gasteiger partial charge in [-0.2, -0.15) is 16.9 Å². The number of hydrogen-bond donors (Lipinski definition) is 2. The van der Waals surface area contributed by atoms with Gasteiger partial charge in [0.25, 0.3) is 0 Å². The van der Waals surface area contributed by atoms with Crippen molar-refractivity contribution >= 4 is 23.3 Å². The van der Waals surface area contributed by atoms with Gasteiger partial charge in [0, 0.05) is 12.6 Å². The quantitative estimate of drug-likeness (QED) is 0.737. The third-order valence-electron chi connectivity index (χ3n) is 2.69. The van der Waals surface area contributed by atoms with Crippen LogP contribution >= 0.6 is 11.8 Å². The van der Waals surface area contributed by atoms with Crippen molar-refractivity contribution in [3.63, 3.8) is 0 Å². The lowest BCUT2D eigenvalue weighted by molar-refractivity contribution is 0.534. The maximum absolute atomic E-state index is 6.03. The van der Waals surface area contributed by atoms with Crippen LogP contribution in [0.1, 0.15) is 38.4 Å². The first-order valence-electron chi connectivity index (χ1n) is 6.15. The van der Waals surface area contributed by atoms with Crippen molar-refractivity contribution in [2.75, 3.05) is 29.6 Å². The minimum atomic E-state index is 0.333. The summed E-state index contributed by atoms with van der Waals surface area (Å²) in [5.74, 6) is 2.20. The maximum Gasteiger partial charge on any atom is 0.148 e. The van der Waals surface area contributed by atoms with Gasteiger partial charge in [0.2, 0.25) is 0 Å². The third-order valence-corrected chi connectivity index (χ3v) is 3.39. The van der Waals surface area contributed by atoms with E-state index >= 15 is 0 Å². The Kier molecular flexibility index (Phi) is 5.68. The molecule has 0 amide bonds. The largest absolute Gasteiger partial charge is 0.394 e. The van der Waals surface area contributed by atoms with E-state index in [1.165, 1.54) is 18.6 Å². The van der Waals surface area contributed by atoms with E-state index in [0.717, 1.165) is 23.7 Å². The van der Waals surface area contributed by atoms with Crippen LogP contribution in [0.5, 0.6) is 0 Å². The van der Waals surface area contributed by atoms with Crippen molar-refractivity contribution in [1.82, 2.24) is 9.78 Å². The van der Waals surface area contributed by atoms with E-state index < -0.39 is 0 Å². The van der Waals surface area contributed by atoms with Gasteiger partial charge in [0.05, 0.1) is 11.4 Å². The van der Waals surface area contributed by atoms with Crippen LogP contribution in [0, 0.1) is 6.92 Å². The second kappa shape index (κ2) is 6.79. The first kappa shape index (κ1) is 14.2. The molecule has 1 heterocycles. The summed E-state index contributed by atoms with van der Waals surface area (Å²) in [6, 6.07) is 0.333. The molecule has 5 heteroatoms. The maximum atomic E-state index is 6.03. The second-order valence-electron chi connectivity index (χ2n) is 4.51. The fourth-order valence-corrected chi connectivity index (χ4v) is 2.18. The van der Waals surface area contributed by atoms with Gasteiger partial charge < -0.3 is 11.1 Å². The minimum Gasteiger partial charge on any atom is -0.394 e. The van der Waals surface area contributed by atoms with Crippen LogP contribution < -0.4 is 11.1 Å². The highest BCUT2D eigenvalue weighted by Crippen LogP contribution is 2.25. The fraction of sp³-hybridized carbons (Fsp3) is 0.750. The Morgan fingerprint density at radius 2 is 2.12 bits per heavy atom. The lowest BCUT2D eigenvalue weighted by Crippen LogP contribution is -2.12. The Balaban J connectivity index is 2.57. The molecule has 98 valence electrons. The van der Waals surface area contributed by atoms with Gasteiger partial charge in [-0.25, -0.2) is 4.68 Å². The Bertz CT molecular complexity index is 347. The van der Waals surface area contributed by atoms with E-state index in [4.69, 9.17) is 5.73 Å². The predicted molar refractivity (Wildman–Crippen MR) is 77.9 cm³/mol. The zero-order valence-electron chi connectivity index (χ0n) is 11.3. The molecule has 0 bridgehead atoms. The van der Waals surface area contributed by atoms with E-state index in [1.807, 2.05) is 23.4 Å². The van der Waals surface area contributed by atoms with Crippen molar-refractivity contribution in [2.24, 2.45) is 0 Å². The van der Waals surface area contributed by atoms with Gasteiger partial charge in [-0.3, -0.25) is 0 Å². The molecule has 0 unspecified atom stereocenters. The summed E-state index contributed by atoms with van der Waals surface area (Å²) >= 11 is 1.89. The SMILES string of the molecule is CSCCCCNc1c(N)c(C)nn1C(C)C. The predicted octanol–water partition coefficient (Wildman–Crippen LogP) is 2.91. The second-order valence-corrected chi connectivity index (χ2v) is 5.50. The number of aryl methyl sites for hydroxylation is 1. The standard InChI is InChI=1S/C12H24N4S/c1-9(2)16-12(11(13)10(3)15-16)14-7-5-6-8-17-4/h9,14H,5-8,13H2,1-4H3. The van der Waals surface area contributed by atoms with Gasteiger partial charge >= 0.3 is 0 Å². The van der Waals surface area contributed by atoms with Crippen LogP contribution in [-0.2, 0) is 0 Å². The van der Waals surface area contributed by atoms with Crippen molar-refractivity contribution in [3.05, 3.63) is 5.69 Å². The molecule has 0 saturated carbocycles. The number of nitrogens with zero attached hydrogens (tertiary/aromatic N) is 2. The monoisotopic (exact) mass is 256 g/mol. The molecule has 4 nitrogen and oxygen atoms in total. The molecule has 0 saturated heterocycles. The molecular weight excluding hydrogens is 232 g/mol. The number of anilines is 2. The number of unbranched alkanes of at least 4 members (excludes halogenated alkanes) is 1. The van der Waals surface area contributed by atoms with E-state index in [-0.39, 0.29) is 0 Å². The van der Waals surface area contributed by atoms with Gasteiger partial charge in [0.15, 0.2) is 0 Å². The number of nitrogens with one attached hydrogen (secondary N) is 1. The Hall–Kier alpha value is -0.840. The normalized spacial score (nSPS) is 11.1. The topological polar surface area (TPSA) is 55.9 Å². The molecule has 0 atom stereocenters. The van der Waals surface area contributed by atoms with E-state index in [2.05, 4.69) is 30.5 Å². The number of rotatable bonds is 7. The molecule has 1 rings (SSSR count). The van der Waals surface area contributed by atoms with Crippen molar-refractivity contribution in [3.8, 4) is 0 Å². The number of nitrogen functional groups attached to an aromatic ring is 1. The average Bonchev–Trinajstić information content (AvgIpc) is 2.57. The number of hydrogen-bond acceptors (Lipinski definition) is 4. The number of aromatic nitrogens is 2. The summed E-state index contributed by atoms with van der Waals surface area (Å²) in [5.41, 5.74) is 7.72. The summed E-state index contributed by atoms with van der Waals surface area (Å²) in [4.78, 5) is 0. The van der Waals surface area contributed by atoms with Crippen LogP contribution in [-0.4, -0.2) is 28.3 Å². The molecule has 1 aromatic rings.